The Hall–Kier alpha value is -0.760. The van der Waals surface area contributed by atoms with Gasteiger partial charge in [-0.2, -0.15) is 0 Å². The number of thiol groups is 1. The molecule has 0 heterocycles. The number of carbonyl (C=O) groups excluding carboxylic acids is 1. The fourth-order valence-corrected chi connectivity index (χ4v) is 1.67. The molecule has 0 N–H and O–H groups in total. The molecule has 1 rings (SSSR count). The van der Waals surface area contributed by atoms with E-state index < -0.39 is 0 Å². The minimum atomic E-state index is -0.148. The van der Waals surface area contributed by atoms with Gasteiger partial charge < -0.3 is 0 Å². The maximum Gasteiger partial charge on any atom is 0.216 e. The van der Waals surface area contributed by atoms with Crippen LogP contribution in [0.4, 0.5) is 0 Å². The van der Waals surface area contributed by atoms with Crippen LogP contribution in [0.15, 0.2) is 24.3 Å². The van der Waals surface area contributed by atoms with Crippen molar-refractivity contribution in [3.8, 4) is 0 Å². The van der Waals surface area contributed by atoms with Crippen molar-refractivity contribution < 1.29 is 4.79 Å². The molecule has 1 aromatic rings. The lowest BCUT2D eigenvalue weighted by atomic mass is 9.86. The highest BCUT2D eigenvalue weighted by Crippen LogP contribution is 2.23. The van der Waals surface area contributed by atoms with Gasteiger partial charge in [-0.05, 0) is 17.4 Å². The van der Waals surface area contributed by atoms with E-state index in [0.29, 0.717) is 0 Å². The van der Waals surface area contributed by atoms with Crippen LogP contribution >= 0.6 is 12.6 Å². The van der Waals surface area contributed by atoms with Crippen LogP contribution in [-0.2, 0) is 6.42 Å². The molecule has 0 amide bonds. The number of rotatable bonds is 2. The van der Waals surface area contributed by atoms with Gasteiger partial charge in [0.1, 0.15) is 0 Å². The van der Waals surface area contributed by atoms with E-state index in [1.54, 1.807) is 0 Å². The summed E-state index contributed by atoms with van der Waals surface area (Å²) in [5.74, 6) is 0. The average molecular weight is 208 g/mol. The summed E-state index contributed by atoms with van der Waals surface area (Å²) in [5, 5.41) is -0.148. The second-order valence-corrected chi connectivity index (χ2v) is 5.11. The first kappa shape index (κ1) is 11.3. The first-order chi connectivity index (χ1) is 6.40. The maximum absolute atomic E-state index is 11.2. The number of carbonyl (C=O) groups is 1. The monoisotopic (exact) mass is 208 g/mol. The first-order valence-electron chi connectivity index (χ1n) is 4.71. The molecule has 0 saturated heterocycles. The molecule has 0 saturated carbocycles. The highest BCUT2D eigenvalue weighted by atomic mass is 32.1. The predicted octanol–water partition coefficient (Wildman–Crippen LogP) is 3.35. The molecule has 0 aliphatic heterocycles. The minimum absolute atomic E-state index is 0.148. The molecule has 76 valence electrons. The smallest absolute Gasteiger partial charge is 0.216 e. The second kappa shape index (κ2) is 4.18. The van der Waals surface area contributed by atoms with E-state index in [-0.39, 0.29) is 10.5 Å². The second-order valence-electron chi connectivity index (χ2n) is 4.70. The predicted molar refractivity (Wildman–Crippen MR) is 62.9 cm³/mol. The molecule has 0 aromatic heterocycles. The molecule has 0 bridgehead atoms. The zero-order valence-electron chi connectivity index (χ0n) is 8.87. The van der Waals surface area contributed by atoms with Gasteiger partial charge in [0.25, 0.3) is 0 Å². The molecular weight excluding hydrogens is 192 g/mol. The molecule has 0 spiro atoms. The summed E-state index contributed by atoms with van der Waals surface area (Å²) in [6, 6.07) is 7.65. The van der Waals surface area contributed by atoms with E-state index in [1.807, 2.05) is 24.3 Å². The number of hydrogen-bond donors (Lipinski definition) is 1. The van der Waals surface area contributed by atoms with Gasteiger partial charge in [0, 0.05) is 5.56 Å². The maximum atomic E-state index is 11.2. The van der Waals surface area contributed by atoms with Crippen molar-refractivity contribution in [3.05, 3.63) is 35.4 Å². The zero-order valence-corrected chi connectivity index (χ0v) is 9.77. The van der Waals surface area contributed by atoms with Gasteiger partial charge in [-0.1, -0.05) is 45.0 Å². The lowest BCUT2D eigenvalue weighted by Gasteiger charge is -2.19. The van der Waals surface area contributed by atoms with E-state index in [4.69, 9.17) is 0 Å². The van der Waals surface area contributed by atoms with Gasteiger partial charge in [0.15, 0.2) is 0 Å². The van der Waals surface area contributed by atoms with E-state index in [0.717, 1.165) is 17.5 Å². The Balaban J connectivity index is 3.02. The average Bonchev–Trinajstić information content (AvgIpc) is 2.01. The van der Waals surface area contributed by atoms with Crippen molar-refractivity contribution in [1.82, 2.24) is 0 Å². The topological polar surface area (TPSA) is 17.1 Å². The van der Waals surface area contributed by atoms with Crippen LogP contribution in [0.5, 0.6) is 0 Å². The van der Waals surface area contributed by atoms with Gasteiger partial charge in [-0.15, -0.1) is 12.6 Å². The lowest BCUT2D eigenvalue weighted by Crippen LogP contribution is -2.11. The van der Waals surface area contributed by atoms with E-state index in [1.165, 1.54) is 0 Å². The van der Waals surface area contributed by atoms with Gasteiger partial charge in [0.05, 0.1) is 0 Å². The highest BCUT2D eigenvalue weighted by Gasteiger charge is 2.15. The highest BCUT2D eigenvalue weighted by molar-refractivity contribution is 7.97. The van der Waals surface area contributed by atoms with Crippen LogP contribution in [0.3, 0.4) is 0 Å². The third-order valence-corrected chi connectivity index (χ3v) is 2.21. The third-order valence-electron chi connectivity index (χ3n) is 1.97. The Morgan fingerprint density at radius 3 is 2.36 bits per heavy atom. The van der Waals surface area contributed by atoms with Crippen LogP contribution < -0.4 is 0 Å². The standard InChI is InChI=1S/C12H16OS/c1-12(2,3)8-9-6-4-5-7-10(9)11(13)14/h4-7H,8H2,1-3H3,(H,13,14). The Kier molecular flexibility index (Phi) is 3.38. The molecule has 0 atom stereocenters. The van der Waals surface area contributed by atoms with Crippen molar-refractivity contribution >= 4 is 17.7 Å². The first-order valence-corrected chi connectivity index (χ1v) is 5.16. The van der Waals surface area contributed by atoms with E-state index >= 15 is 0 Å². The normalized spacial score (nSPS) is 11.4. The summed E-state index contributed by atoms with van der Waals surface area (Å²) in [6.07, 6.45) is 0.898. The van der Waals surface area contributed by atoms with E-state index in [2.05, 4.69) is 33.4 Å². The SMILES string of the molecule is CC(C)(C)Cc1ccccc1C(=O)S. The van der Waals surface area contributed by atoms with Crippen molar-refractivity contribution in [1.29, 1.82) is 0 Å². The zero-order chi connectivity index (χ0) is 10.8. The van der Waals surface area contributed by atoms with Crippen molar-refractivity contribution in [2.24, 2.45) is 5.41 Å². The van der Waals surface area contributed by atoms with Crippen LogP contribution in [0.1, 0.15) is 36.7 Å². The van der Waals surface area contributed by atoms with Crippen LogP contribution in [0, 0.1) is 5.41 Å². The van der Waals surface area contributed by atoms with Crippen LogP contribution in [0.25, 0.3) is 0 Å². The van der Waals surface area contributed by atoms with Crippen LogP contribution in [0.2, 0.25) is 0 Å². The summed E-state index contributed by atoms with van der Waals surface area (Å²) >= 11 is 3.87. The fraction of sp³-hybridized carbons (Fsp3) is 0.417. The Morgan fingerprint density at radius 1 is 1.29 bits per heavy atom. The molecule has 0 aliphatic rings. The minimum Gasteiger partial charge on any atom is -0.282 e. The quantitative estimate of drug-likeness (QED) is 0.738. The molecule has 1 aromatic carbocycles. The van der Waals surface area contributed by atoms with Gasteiger partial charge in [0.2, 0.25) is 5.12 Å². The summed E-state index contributed by atoms with van der Waals surface area (Å²) in [5.41, 5.74) is 2.00. The Morgan fingerprint density at radius 2 is 1.86 bits per heavy atom. The number of hydrogen-bond acceptors (Lipinski definition) is 1. The summed E-state index contributed by atoms with van der Waals surface area (Å²) in [4.78, 5) is 11.2. The lowest BCUT2D eigenvalue weighted by molar-refractivity contribution is 0.109. The van der Waals surface area contributed by atoms with Crippen LogP contribution in [-0.4, -0.2) is 5.12 Å². The van der Waals surface area contributed by atoms with Crippen molar-refractivity contribution in [2.45, 2.75) is 27.2 Å². The van der Waals surface area contributed by atoms with Crippen molar-refractivity contribution in [3.63, 3.8) is 0 Å². The molecule has 0 radical (unpaired) electrons. The van der Waals surface area contributed by atoms with E-state index in [9.17, 15) is 4.79 Å². The van der Waals surface area contributed by atoms with Gasteiger partial charge >= 0.3 is 0 Å². The molecule has 0 aliphatic carbocycles. The molecule has 2 heteroatoms. The third kappa shape index (κ3) is 3.18. The Labute approximate surface area is 90.9 Å². The molecule has 0 fully saturated rings. The van der Waals surface area contributed by atoms with Crippen molar-refractivity contribution in [2.75, 3.05) is 0 Å². The molecule has 14 heavy (non-hydrogen) atoms. The van der Waals surface area contributed by atoms with Gasteiger partial charge in [-0.25, -0.2) is 0 Å². The summed E-state index contributed by atoms with van der Waals surface area (Å²) < 4.78 is 0. The molecule has 1 nitrogen and oxygen atoms in total. The fourth-order valence-electron chi connectivity index (χ4n) is 1.45. The Bertz CT molecular complexity index is 336. The summed E-state index contributed by atoms with van der Waals surface area (Å²) in [6.45, 7) is 6.48. The van der Waals surface area contributed by atoms with Gasteiger partial charge in [-0.3, -0.25) is 4.79 Å². The summed E-state index contributed by atoms with van der Waals surface area (Å²) in [7, 11) is 0. The largest absolute Gasteiger partial charge is 0.282 e. The molecular formula is C12H16OS. The number of benzene rings is 1. The molecule has 0 unspecified atom stereocenters.